The number of rotatable bonds is 9. The number of nitrogens with one attached hydrogen (secondary N) is 1. The maximum Gasteiger partial charge on any atom is 0.130 e. The topological polar surface area (TPSA) is 56.1 Å². The molecule has 0 aliphatic carbocycles. The van der Waals surface area contributed by atoms with Crippen LogP contribution >= 0.6 is 0 Å². The fourth-order valence-electron chi connectivity index (χ4n) is 3.68. The van der Waals surface area contributed by atoms with E-state index in [0.29, 0.717) is 12.3 Å². The van der Waals surface area contributed by atoms with Crippen LogP contribution in [0.3, 0.4) is 0 Å². The number of ether oxygens (including phenoxy) is 3. The molecule has 1 N–H and O–H groups in total. The van der Waals surface area contributed by atoms with Crippen molar-refractivity contribution in [2.45, 2.75) is 32.4 Å². The molecule has 0 amide bonds. The molecule has 0 bridgehead atoms. The summed E-state index contributed by atoms with van der Waals surface area (Å²) in [6, 6.07) is 8.12. The molecule has 0 spiro atoms. The molecule has 2 aromatic rings. The zero-order valence-corrected chi connectivity index (χ0v) is 16.7. The van der Waals surface area contributed by atoms with Crippen LogP contribution in [0, 0.1) is 6.92 Å². The van der Waals surface area contributed by atoms with Crippen LogP contribution in [0.5, 0.6) is 17.2 Å². The lowest BCUT2D eigenvalue weighted by atomic mass is 10.1. The molecule has 1 aliphatic rings. The van der Waals surface area contributed by atoms with Gasteiger partial charge in [0, 0.05) is 25.2 Å². The standard InChI is InChI=1S/C21H30N2O4/c1-15-7-8-19(27-15)18(23-9-5-6-10-23)14-22-13-17-20(25-3)11-16(24-2)12-21(17)26-4/h7-8,11-12,18,22H,5-6,9-10,13-14H2,1-4H3. The van der Waals surface area contributed by atoms with Gasteiger partial charge < -0.3 is 23.9 Å². The van der Waals surface area contributed by atoms with Crippen molar-refractivity contribution in [3.8, 4) is 17.2 Å². The van der Waals surface area contributed by atoms with Crippen LogP contribution in [0.15, 0.2) is 28.7 Å². The Hall–Kier alpha value is -2.18. The van der Waals surface area contributed by atoms with E-state index < -0.39 is 0 Å². The van der Waals surface area contributed by atoms with E-state index in [2.05, 4.69) is 16.3 Å². The molecule has 1 fully saturated rings. The SMILES string of the molecule is COc1cc(OC)c(CNCC(c2ccc(C)o2)N2CCCC2)c(OC)c1. The Balaban J connectivity index is 1.73. The van der Waals surface area contributed by atoms with Gasteiger partial charge in [-0.05, 0) is 45.0 Å². The van der Waals surface area contributed by atoms with Gasteiger partial charge >= 0.3 is 0 Å². The lowest BCUT2D eigenvalue weighted by Gasteiger charge is -2.26. The first-order valence-electron chi connectivity index (χ1n) is 9.46. The van der Waals surface area contributed by atoms with Gasteiger partial charge in [-0.2, -0.15) is 0 Å². The number of methoxy groups -OCH3 is 3. The average Bonchev–Trinajstić information content (AvgIpc) is 3.36. The van der Waals surface area contributed by atoms with Crippen molar-refractivity contribution >= 4 is 0 Å². The minimum atomic E-state index is 0.233. The third-order valence-electron chi connectivity index (χ3n) is 5.13. The smallest absolute Gasteiger partial charge is 0.130 e. The van der Waals surface area contributed by atoms with Crippen LogP contribution in [0.2, 0.25) is 0 Å². The molecule has 6 heteroatoms. The highest BCUT2D eigenvalue weighted by Gasteiger charge is 2.26. The lowest BCUT2D eigenvalue weighted by Crippen LogP contribution is -2.33. The summed E-state index contributed by atoms with van der Waals surface area (Å²) >= 11 is 0. The van der Waals surface area contributed by atoms with Crippen LogP contribution in [-0.2, 0) is 6.54 Å². The van der Waals surface area contributed by atoms with Crippen molar-refractivity contribution < 1.29 is 18.6 Å². The van der Waals surface area contributed by atoms with Gasteiger partial charge in [0.1, 0.15) is 28.8 Å². The highest BCUT2D eigenvalue weighted by atomic mass is 16.5. The Morgan fingerprint density at radius 1 is 1.04 bits per heavy atom. The van der Waals surface area contributed by atoms with Gasteiger partial charge in [-0.25, -0.2) is 0 Å². The molecule has 1 aliphatic heterocycles. The summed E-state index contributed by atoms with van der Waals surface area (Å²) in [4.78, 5) is 2.49. The molecule has 3 rings (SSSR count). The van der Waals surface area contributed by atoms with Gasteiger partial charge in [-0.15, -0.1) is 0 Å². The molecule has 148 valence electrons. The third-order valence-corrected chi connectivity index (χ3v) is 5.13. The van der Waals surface area contributed by atoms with Crippen molar-refractivity contribution in [2.24, 2.45) is 0 Å². The number of furan rings is 1. The van der Waals surface area contributed by atoms with Gasteiger partial charge in [0.2, 0.25) is 0 Å². The van der Waals surface area contributed by atoms with Gasteiger partial charge in [-0.3, -0.25) is 4.90 Å². The Morgan fingerprint density at radius 2 is 1.70 bits per heavy atom. The molecule has 6 nitrogen and oxygen atoms in total. The number of benzene rings is 1. The average molecular weight is 374 g/mol. The summed E-state index contributed by atoms with van der Waals surface area (Å²) in [5.41, 5.74) is 0.983. The molecule has 1 atom stereocenters. The number of hydrogen-bond donors (Lipinski definition) is 1. The van der Waals surface area contributed by atoms with Crippen LogP contribution in [-0.4, -0.2) is 45.9 Å². The predicted molar refractivity (Wildman–Crippen MR) is 105 cm³/mol. The van der Waals surface area contributed by atoms with Crippen LogP contribution in [0.25, 0.3) is 0 Å². The van der Waals surface area contributed by atoms with E-state index in [1.807, 2.05) is 25.1 Å². The maximum absolute atomic E-state index is 5.93. The second-order valence-electron chi connectivity index (χ2n) is 6.85. The van der Waals surface area contributed by atoms with E-state index in [1.54, 1.807) is 21.3 Å². The van der Waals surface area contributed by atoms with E-state index in [-0.39, 0.29) is 6.04 Å². The molecule has 0 saturated carbocycles. The fraction of sp³-hybridized carbons (Fsp3) is 0.524. The summed E-state index contributed by atoms with van der Waals surface area (Å²) in [6.07, 6.45) is 2.49. The molecule has 1 saturated heterocycles. The Bertz CT molecular complexity index is 713. The Morgan fingerprint density at radius 3 is 2.22 bits per heavy atom. The number of likely N-dealkylation sites (tertiary alicyclic amines) is 1. The highest BCUT2D eigenvalue weighted by Crippen LogP contribution is 2.34. The largest absolute Gasteiger partial charge is 0.496 e. The van der Waals surface area contributed by atoms with E-state index in [9.17, 15) is 0 Å². The molecule has 0 radical (unpaired) electrons. The third kappa shape index (κ3) is 4.57. The van der Waals surface area contributed by atoms with Crippen molar-refractivity contribution in [1.82, 2.24) is 10.2 Å². The van der Waals surface area contributed by atoms with Crippen molar-refractivity contribution in [3.63, 3.8) is 0 Å². The minimum absolute atomic E-state index is 0.233. The first kappa shape index (κ1) is 19.6. The first-order valence-corrected chi connectivity index (χ1v) is 9.46. The quantitative estimate of drug-likeness (QED) is 0.725. The van der Waals surface area contributed by atoms with Gasteiger partial charge in [-0.1, -0.05) is 0 Å². The molecule has 1 unspecified atom stereocenters. The zero-order valence-electron chi connectivity index (χ0n) is 16.7. The monoisotopic (exact) mass is 374 g/mol. The summed E-state index contributed by atoms with van der Waals surface area (Å²) in [5.74, 6) is 4.20. The minimum Gasteiger partial charge on any atom is -0.496 e. The van der Waals surface area contributed by atoms with Crippen LogP contribution < -0.4 is 19.5 Å². The van der Waals surface area contributed by atoms with E-state index >= 15 is 0 Å². The second-order valence-corrected chi connectivity index (χ2v) is 6.85. The zero-order chi connectivity index (χ0) is 19.2. The molecule has 1 aromatic heterocycles. The predicted octanol–water partition coefficient (Wildman–Crippen LogP) is 3.54. The van der Waals surface area contributed by atoms with Gasteiger partial charge in [0.15, 0.2) is 0 Å². The lowest BCUT2D eigenvalue weighted by molar-refractivity contribution is 0.207. The Labute approximate surface area is 161 Å². The molecular formula is C21H30N2O4. The summed E-state index contributed by atoms with van der Waals surface area (Å²) in [5, 5.41) is 3.57. The second kappa shape index (κ2) is 9.15. The summed E-state index contributed by atoms with van der Waals surface area (Å²) in [7, 11) is 4.96. The maximum atomic E-state index is 5.93. The van der Waals surface area contributed by atoms with Crippen LogP contribution in [0.4, 0.5) is 0 Å². The van der Waals surface area contributed by atoms with Gasteiger partial charge in [0.05, 0.1) is 32.9 Å². The number of aryl methyl sites for hydroxylation is 1. The normalized spacial score (nSPS) is 15.7. The fourth-order valence-corrected chi connectivity index (χ4v) is 3.68. The van der Waals surface area contributed by atoms with E-state index in [1.165, 1.54) is 12.8 Å². The molecular weight excluding hydrogens is 344 g/mol. The summed E-state index contributed by atoms with van der Waals surface area (Å²) in [6.45, 7) is 5.65. The molecule has 2 heterocycles. The Kier molecular flexibility index (Phi) is 6.63. The number of nitrogens with zero attached hydrogens (tertiary/aromatic N) is 1. The molecule has 27 heavy (non-hydrogen) atoms. The van der Waals surface area contributed by atoms with E-state index in [4.69, 9.17) is 18.6 Å². The van der Waals surface area contributed by atoms with Crippen LogP contribution in [0.1, 0.15) is 36.0 Å². The van der Waals surface area contributed by atoms with Crippen molar-refractivity contribution in [3.05, 3.63) is 41.3 Å². The molecule has 1 aromatic carbocycles. The highest BCUT2D eigenvalue weighted by molar-refractivity contribution is 5.50. The van der Waals surface area contributed by atoms with Crippen molar-refractivity contribution in [1.29, 1.82) is 0 Å². The van der Waals surface area contributed by atoms with Gasteiger partial charge in [0.25, 0.3) is 0 Å². The number of hydrogen-bond acceptors (Lipinski definition) is 6. The summed E-state index contributed by atoms with van der Waals surface area (Å²) < 4.78 is 22.4. The van der Waals surface area contributed by atoms with Crippen molar-refractivity contribution in [2.75, 3.05) is 41.0 Å². The van der Waals surface area contributed by atoms with E-state index in [0.717, 1.165) is 48.2 Å². The first-order chi connectivity index (χ1) is 13.2.